The molecule has 1 saturated carbocycles. The minimum Gasteiger partial charge on any atom is -0.748 e. The van der Waals surface area contributed by atoms with Gasteiger partial charge in [0.15, 0.2) is 5.79 Å². The zero-order valence-corrected chi connectivity index (χ0v) is 9.29. The SMILES string of the molecule is O=S(=O)([O-])CC1CCC2(CC1)OCCO2. The van der Waals surface area contributed by atoms with Crippen LogP contribution in [-0.4, -0.2) is 37.7 Å². The average Bonchev–Trinajstić information content (AvgIpc) is 2.56. The fourth-order valence-corrected chi connectivity index (χ4v) is 3.27. The summed E-state index contributed by atoms with van der Waals surface area (Å²) in [4.78, 5) is 0. The Hall–Kier alpha value is -0.170. The summed E-state index contributed by atoms with van der Waals surface area (Å²) in [5.74, 6) is -0.738. The van der Waals surface area contributed by atoms with Gasteiger partial charge in [0.25, 0.3) is 0 Å². The van der Waals surface area contributed by atoms with Crippen molar-refractivity contribution in [3.8, 4) is 0 Å². The van der Waals surface area contributed by atoms with Crippen molar-refractivity contribution in [3.05, 3.63) is 0 Å². The number of ether oxygens (including phenoxy) is 2. The van der Waals surface area contributed by atoms with Crippen LogP contribution in [-0.2, 0) is 19.6 Å². The van der Waals surface area contributed by atoms with Gasteiger partial charge in [0.05, 0.1) is 23.3 Å². The minimum absolute atomic E-state index is 0.0223. The van der Waals surface area contributed by atoms with Gasteiger partial charge in [-0.25, -0.2) is 8.42 Å². The minimum atomic E-state index is -4.09. The number of hydrogen-bond donors (Lipinski definition) is 0. The zero-order valence-electron chi connectivity index (χ0n) is 8.48. The Morgan fingerprint density at radius 1 is 1.20 bits per heavy atom. The molecule has 0 bridgehead atoms. The van der Waals surface area contributed by atoms with Gasteiger partial charge in [0.1, 0.15) is 0 Å². The van der Waals surface area contributed by atoms with E-state index < -0.39 is 15.9 Å². The van der Waals surface area contributed by atoms with Gasteiger partial charge in [-0.3, -0.25) is 0 Å². The smallest absolute Gasteiger partial charge is 0.168 e. The molecule has 0 N–H and O–H groups in total. The molecule has 0 aromatic heterocycles. The lowest BCUT2D eigenvalue weighted by Gasteiger charge is -2.35. The van der Waals surface area contributed by atoms with Crippen LogP contribution in [0.3, 0.4) is 0 Å². The Bertz CT molecular complexity index is 307. The standard InChI is InChI=1S/C9H16O5S/c10-15(11,12)7-8-1-3-9(4-2-8)13-5-6-14-9/h8H,1-7H2,(H,10,11,12)/p-1. The van der Waals surface area contributed by atoms with E-state index in [4.69, 9.17) is 9.47 Å². The fraction of sp³-hybridized carbons (Fsp3) is 1.00. The van der Waals surface area contributed by atoms with Crippen molar-refractivity contribution < 1.29 is 22.4 Å². The number of hydrogen-bond acceptors (Lipinski definition) is 5. The van der Waals surface area contributed by atoms with Gasteiger partial charge in [-0.15, -0.1) is 0 Å². The van der Waals surface area contributed by atoms with Crippen LogP contribution in [0.1, 0.15) is 25.7 Å². The highest BCUT2D eigenvalue weighted by molar-refractivity contribution is 7.85. The molecule has 0 radical (unpaired) electrons. The molecule has 1 saturated heterocycles. The largest absolute Gasteiger partial charge is 0.748 e. The average molecular weight is 235 g/mol. The third kappa shape index (κ3) is 2.90. The van der Waals surface area contributed by atoms with Crippen molar-refractivity contribution in [2.45, 2.75) is 31.5 Å². The Balaban J connectivity index is 1.87. The molecule has 88 valence electrons. The van der Waals surface area contributed by atoms with Gasteiger partial charge in [0.2, 0.25) is 0 Å². The van der Waals surface area contributed by atoms with E-state index >= 15 is 0 Å². The van der Waals surface area contributed by atoms with Crippen LogP contribution < -0.4 is 0 Å². The molecule has 0 amide bonds. The van der Waals surface area contributed by atoms with Crippen molar-refractivity contribution in [2.75, 3.05) is 19.0 Å². The second-order valence-corrected chi connectivity index (χ2v) is 5.72. The van der Waals surface area contributed by atoms with Crippen molar-refractivity contribution >= 4 is 10.1 Å². The molecule has 1 spiro atoms. The molecule has 2 fully saturated rings. The van der Waals surface area contributed by atoms with E-state index in [0.29, 0.717) is 38.9 Å². The van der Waals surface area contributed by atoms with E-state index in [-0.39, 0.29) is 11.7 Å². The van der Waals surface area contributed by atoms with Crippen LogP contribution in [0.4, 0.5) is 0 Å². The molecule has 0 unspecified atom stereocenters. The zero-order chi connectivity index (χ0) is 10.9. The lowest BCUT2D eigenvalue weighted by molar-refractivity contribution is -0.181. The predicted octanol–water partition coefficient (Wildman–Crippen LogP) is 0.465. The van der Waals surface area contributed by atoms with Gasteiger partial charge >= 0.3 is 0 Å². The molecule has 0 atom stereocenters. The van der Waals surface area contributed by atoms with Gasteiger partial charge in [-0.05, 0) is 18.8 Å². The van der Waals surface area contributed by atoms with E-state index in [9.17, 15) is 13.0 Å². The van der Waals surface area contributed by atoms with Crippen LogP contribution in [0.2, 0.25) is 0 Å². The van der Waals surface area contributed by atoms with Gasteiger partial charge in [-0.1, -0.05) is 0 Å². The molecular weight excluding hydrogens is 220 g/mol. The van der Waals surface area contributed by atoms with Crippen molar-refractivity contribution in [3.63, 3.8) is 0 Å². The van der Waals surface area contributed by atoms with Crippen LogP contribution in [0.25, 0.3) is 0 Å². The lowest BCUT2D eigenvalue weighted by atomic mass is 9.86. The summed E-state index contributed by atoms with van der Waals surface area (Å²) in [6, 6.07) is 0. The Kier molecular flexibility index (Phi) is 3.03. The first-order chi connectivity index (χ1) is 6.99. The molecule has 2 rings (SSSR count). The maximum absolute atomic E-state index is 10.6. The second-order valence-electron chi connectivity index (χ2n) is 4.28. The van der Waals surface area contributed by atoms with Crippen LogP contribution in [0.15, 0.2) is 0 Å². The van der Waals surface area contributed by atoms with E-state index in [1.807, 2.05) is 0 Å². The molecule has 2 aliphatic rings. The Morgan fingerprint density at radius 2 is 1.73 bits per heavy atom. The highest BCUT2D eigenvalue weighted by atomic mass is 32.2. The van der Waals surface area contributed by atoms with E-state index in [1.54, 1.807) is 0 Å². The van der Waals surface area contributed by atoms with Crippen molar-refractivity contribution in [2.24, 2.45) is 5.92 Å². The summed E-state index contributed by atoms with van der Waals surface area (Å²) in [5, 5.41) is 0. The second kappa shape index (κ2) is 4.01. The first-order valence-electron chi connectivity index (χ1n) is 5.21. The lowest BCUT2D eigenvalue weighted by Crippen LogP contribution is -2.36. The normalized spacial score (nSPS) is 27.3. The van der Waals surface area contributed by atoms with E-state index in [1.165, 1.54) is 0 Å². The molecule has 15 heavy (non-hydrogen) atoms. The van der Waals surface area contributed by atoms with Crippen molar-refractivity contribution in [1.82, 2.24) is 0 Å². The molecule has 1 heterocycles. The summed E-state index contributed by atoms with van der Waals surface area (Å²) < 4.78 is 42.8. The molecule has 1 aliphatic carbocycles. The Labute approximate surface area is 89.5 Å². The quantitative estimate of drug-likeness (QED) is 0.650. The maximum atomic E-state index is 10.6. The summed E-state index contributed by atoms with van der Waals surface area (Å²) >= 11 is 0. The monoisotopic (exact) mass is 235 g/mol. The molecule has 1 aliphatic heterocycles. The summed E-state index contributed by atoms with van der Waals surface area (Å²) in [5.41, 5.74) is 0. The fourth-order valence-electron chi connectivity index (χ4n) is 2.36. The third-order valence-electron chi connectivity index (χ3n) is 3.12. The molecule has 0 aromatic rings. The topological polar surface area (TPSA) is 75.7 Å². The van der Waals surface area contributed by atoms with E-state index in [0.717, 1.165) is 0 Å². The first-order valence-corrected chi connectivity index (χ1v) is 6.78. The van der Waals surface area contributed by atoms with Gasteiger partial charge < -0.3 is 14.0 Å². The number of rotatable bonds is 2. The molecule has 5 nitrogen and oxygen atoms in total. The highest BCUT2D eigenvalue weighted by Crippen LogP contribution is 2.38. The van der Waals surface area contributed by atoms with Crippen LogP contribution in [0.5, 0.6) is 0 Å². The van der Waals surface area contributed by atoms with Gasteiger partial charge in [0, 0.05) is 18.6 Å². The van der Waals surface area contributed by atoms with Gasteiger partial charge in [-0.2, -0.15) is 0 Å². The van der Waals surface area contributed by atoms with E-state index in [2.05, 4.69) is 0 Å². The first kappa shape index (κ1) is 11.3. The molecule has 6 heteroatoms. The van der Waals surface area contributed by atoms with Crippen molar-refractivity contribution in [1.29, 1.82) is 0 Å². The van der Waals surface area contributed by atoms with Crippen LogP contribution in [0, 0.1) is 5.92 Å². The highest BCUT2D eigenvalue weighted by Gasteiger charge is 2.40. The molecular formula is C9H15O5S-. The Morgan fingerprint density at radius 3 is 2.20 bits per heavy atom. The van der Waals surface area contributed by atoms with Crippen LogP contribution >= 0.6 is 0 Å². The third-order valence-corrected chi connectivity index (χ3v) is 4.00. The maximum Gasteiger partial charge on any atom is 0.168 e. The summed E-state index contributed by atoms with van der Waals surface area (Å²) in [6.45, 7) is 1.23. The summed E-state index contributed by atoms with van der Waals surface area (Å²) in [6.07, 6.45) is 2.79. The summed E-state index contributed by atoms with van der Waals surface area (Å²) in [7, 11) is -4.09. The predicted molar refractivity (Wildman–Crippen MR) is 51.2 cm³/mol. The molecule has 0 aromatic carbocycles.